The Balaban J connectivity index is 1.69. The van der Waals surface area contributed by atoms with Crippen LogP contribution in [0.4, 0.5) is 13.2 Å². The minimum absolute atomic E-state index is 0.138. The third-order valence-corrected chi connectivity index (χ3v) is 4.58. The molecular formula is C23H18F3NO3. The van der Waals surface area contributed by atoms with Gasteiger partial charge in [-0.15, -0.1) is 0 Å². The lowest BCUT2D eigenvalue weighted by atomic mass is 10.0. The highest BCUT2D eigenvalue weighted by molar-refractivity contribution is 5.97. The Hall–Kier alpha value is -3.61. The Labute approximate surface area is 171 Å². The molecule has 4 nitrogen and oxygen atoms in total. The molecule has 0 spiro atoms. The molecule has 3 aromatic carbocycles. The minimum atomic E-state index is -4.47. The van der Waals surface area contributed by atoms with Crippen molar-refractivity contribution in [3.05, 3.63) is 95.6 Å². The van der Waals surface area contributed by atoms with E-state index in [-0.39, 0.29) is 12.0 Å². The van der Waals surface area contributed by atoms with Crippen LogP contribution in [0, 0.1) is 0 Å². The second-order valence-electron chi connectivity index (χ2n) is 6.71. The highest BCUT2D eigenvalue weighted by Gasteiger charge is 2.30. The monoisotopic (exact) mass is 413 g/mol. The van der Waals surface area contributed by atoms with Crippen LogP contribution in [0.15, 0.2) is 78.9 Å². The van der Waals surface area contributed by atoms with E-state index in [4.69, 9.17) is 0 Å². The standard InChI is InChI=1S/C23H18F3NO3/c24-23(25,26)19-12-6-15(7-13-19)14-20(22(29)30)27-21(28)18-10-8-17(9-11-18)16-4-2-1-3-5-16/h1-13,20H,14H2,(H,27,28)(H,29,30)/t20-/m0/s1. The molecule has 3 aromatic rings. The number of nitrogens with one attached hydrogen (secondary N) is 1. The molecule has 1 amide bonds. The lowest BCUT2D eigenvalue weighted by Crippen LogP contribution is -2.42. The van der Waals surface area contributed by atoms with Gasteiger partial charge in [-0.05, 0) is 41.0 Å². The van der Waals surface area contributed by atoms with Crippen LogP contribution in [0.5, 0.6) is 0 Å². The van der Waals surface area contributed by atoms with Crippen LogP contribution in [-0.4, -0.2) is 23.0 Å². The van der Waals surface area contributed by atoms with Gasteiger partial charge in [0.15, 0.2) is 0 Å². The fourth-order valence-electron chi connectivity index (χ4n) is 2.95. The van der Waals surface area contributed by atoms with E-state index in [9.17, 15) is 27.9 Å². The molecule has 0 aliphatic rings. The number of rotatable bonds is 6. The smallest absolute Gasteiger partial charge is 0.416 e. The molecule has 0 heterocycles. The first-order valence-corrected chi connectivity index (χ1v) is 9.09. The van der Waals surface area contributed by atoms with Gasteiger partial charge in [0.1, 0.15) is 6.04 Å². The fourth-order valence-corrected chi connectivity index (χ4v) is 2.95. The highest BCUT2D eigenvalue weighted by Crippen LogP contribution is 2.29. The number of aliphatic carboxylic acids is 1. The topological polar surface area (TPSA) is 66.4 Å². The third-order valence-electron chi connectivity index (χ3n) is 4.58. The van der Waals surface area contributed by atoms with Crippen molar-refractivity contribution >= 4 is 11.9 Å². The number of alkyl halides is 3. The van der Waals surface area contributed by atoms with Gasteiger partial charge in [-0.25, -0.2) is 4.79 Å². The van der Waals surface area contributed by atoms with Crippen LogP contribution in [0.3, 0.4) is 0 Å². The summed E-state index contributed by atoms with van der Waals surface area (Å²) in [5.41, 5.74) is 1.73. The SMILES string of the molecule is O=C(N[C@@H](Cc1ccc(C(F)(F)F)cc1)C(=O)O)c1ccc(-c2ccccc2)cc1. The summed E-state index contributed by atoms with van der Waals surface area (Å²) >= 11 is 0. The highest BCUT2D eigenvalue weighted by atomic mass is 19.4. The summed E-state index contributed by atoms with van der Waals surface area (Å²) < 4.78 is 38.0. The summed E-state index contributed by atoms with van der Waals surface area (Å²) in [7, 11) is 0. The van der Waals surface area contributed by atoms with Crippen LogP contribution in [0.2, 0.25) is 0 Å². The van der Waals surface area contributed by atoms with E-state index in [1.165, 1.54) is 12.1 Å². The molecule has 0 aliphatic heterocycles. The molecule has 7 heteroatoms. The zero-order valence-corrected chi connectivity index (χ0v) is 15.7. The van der Waals surface area contributed by atoms with E-state index in [0.717, 1.165) is 23.3 Å². The first-order chi connectivity index (χ1) is 14.2. The van der Waals surface area contributed by atoms with E-state index in [1.54, 1.807) is 24.3 Å². The molecule has 0 saturated heterocycles. The number of hydrogen-bond acceptors (Lipinski definition) is 2. The molecular weight excluding hydrogens is 395 g/mol. The number of amides is 1. The lowest BCUT2D eigenvalue weighted by molar-refractivity contribution is -0.139. The zero-order chi connectivity index (χ0) is 21.7. The van der Waals surface area contributed by atoms with Gasteiger partial charge in [0.25, 0.3) is 5.91 Å². The molecule has 0 bridgehead atoms. The quantitative estimate of drug-likeness (QED) is 0.610. The van der Waals surface area contributed by atoms with Crippen molar-refractivity contribution in [3.8, 4) is 11.1 Å². The van der Waals surface area contributed by atoms with Gasteiger partial charge in [0.05, 0.1) is 5.56 Å². The van der Waals surface area contributed by atoms with E-state index in [1.807, 2.05) is 30.3 Å². The maximum Gasteiger partial charge on any atom is 0.416 e. The van der Waals surface area contributed by atoms with Gasteiger partial charge in [0.2, 0.25) is 0 Å². The molecule has 1 atom stereocenters. The molecule has 154 valence electrons. The molecule has 30 heavy (non-hydrogen) atoms. The number of carboxylic acids is 1. The van der Waals surface area contributed by atoms with Gasteiger partial charge in [-0.1, -0.05) is 54.6 Å². The summed E-state index contributed by atoms with van der Waals surface area (Å²) in [5, 5.41) is 11.8. The van der Waals surface area contributed by atoms with Gasteiger partial charge in [-0.2, -0.15) is 13.2 Å². The Morgan fingerprint density at radius 3 is 1.93 bits per heavy atom. The Bertz CT molecular complexity index is 1010. The van der Waals surface area contributed by atoms with Crippen molar-refractivity contribution in [2.75, 3.05) is 0 Å². The fraction of sp³-hybridized carbons (Fsp3) is 0.130. The first kappa shape index (κ1) is 21.1. The number of hydrogen-bond donors (Lipinski definition) is 2. The van der Waals surface area contributed by atoms with Crippen LogP contribution in [0.25, 0.3) is 11.1 Å². The van der Waals surface area contributed by atoms with Crippen LogP contribution >= 0.6 is 0 Å². The molecule has 0 saturated carbocycles. The van der Waals surface area contributed by atoms with Crippen molar-refractivity contribution in [2.45, 2.75) is 18.6 Å². The third kappa shape index (κ3) is 5.26. The van der Waals surface area contributed by atoms with Gasteiger partial charge in [-0.3, -0.25) is 4.79 Å². The van der Waals surface area contributed by atoms with Gasteiger partial charge >= 0.3 is 12.1 Å². The lowest BCUT2D eigenvalue weighted by Gasteiger charge is -2.15. The Morgan fingerprint density at radius 2 is 1.40 bits per heavy atom. The van der Waals surface area contributed by atoms with Crippen LogP contribution < -0.4 is 5.32 Å². The number of benzene rings is 3. The summed E-state index contributed by atoms with van der Waals surface area (Å²) in [6.07, 6.45) is -4.60. The van der Waals surface area contributed by atoms with E-state index >= 15 is 0 Å². The molecule has 0 unspecified atom stereocenters. The van der Waals surface area contributed by atoms with Crippen LogP contribution in [-0.2, 0) is 17.4 Å². The number of carbonyl (C=O) groups excluding carboxylic acids is 1. The maximum atomic E-state index is 12.7. The van der Waals surface area contributed by atoms with E-state index in [2.05, 4.69) is 5.32 Å². The van der Waals surface area contributed by atoms with Crippen molar-refractivity contribution in [1.29, 1.82) is 0 Å². The van der Waals surface area contributed by atoms with Crippen LogP contribution in [0.1, 0.15) is 21.5 Å². The predicted octanol–water partition coefficient (Wildman–Crippen LogP) is 4.80. The van der Waals surface area contributed by atoms with Crippen molar-refractivity contribution in [3.63, 3.8) is 0 Å². The number of carbonyl (C=O) groups is 2. The summed E-state index contributed by atoms with van der Waals surface area (Å²) in [6.45, 7) is 0. The predicted molar refractivity (Wildman–Crippen MR) is 106 cm³/mol. The maximum absolute atomic E-state index is 12.7. The molecule has 3 rings (SSSR count). The number of carboxylic acid groups (broad SMARTS) is 1. The van der Waals surface area contributed by atoms with Crippen molar-refractivity contribution in [2.24, 2.45) is 0 Å². The van der Waals surface area contributed by atoms with Gasteiger partial charge < -0.3 is 10.4 Å². The zero-order valence-electron chi connectivity index (χ0n) is 15.7. The average Bonchev–Trinajstić information content (AvgIpc) is 2.73. The second-order valence-corrected chi connectivity index (χ2v) is 6.71. The normalized spacial score (nSPS) is 12.2. The first-order valence-electron chi connectivity index (χ1n) is 9.09. The van der Waals surface area contributed by atoms with E-state index in [0.29, 0.717) is 5.56 Å². The summed E-state index contributed by atoms with van der Waals surface area (Å²) in [4.78, 5) is 24.0. The van der Waals surface area contributed by atoms with Crippen molar-refractivity contribution < 1.29 is 27.9 Å². The molecule has 0 radical (unpaired) electrons. The summed E-state index contributed by atoms with van der Waals surface area (Å²) in [6, 6.07) is 19.2. The van der Waals surface area contributed by atoms with E-state index < -0.39 is 29.7 Å². The number of halogens is 3. The Kier molecular flexibility index (Phi) is 6.20. The molecule has 0 aromatic heterocycles. The molecule has 0 fully saturated rings. The minimum Gasteiger partial charge on any atom is -0.480 e. The van der Waals surface area contributed by atoms with Crippen molar-refractivity contribution in [1.82, 2.24) is 5.32 Å². The summed E-state index contributed by atoms with van der Waals surface area (Å²) in [5.74, 6) is -1.85. The molecule has 0 aliphatic carbocycles. The van der Waals surface area contributed by atoms with Gasteiger partial charge in [0, 0.05) is 12.0 Å². The Morgan fingerprint density at radius 1 is 0.833 bits per heavy atom. The average molecular weight is 413 g/mol. The second kappa shape index (κ2) is 8.82. The molecule has 2 N–H and O–H groups in total. The largest absolute Gasteiger partial charge is 0.480 e.